The third-order valence-electron chi connectivity index (χ3n) is 3.66. The van der Waals surface area contributed by atoms with Gasteiger partial charge in [-0.15, -0.1) is 0 Å². The molecule has 20 heavy (non-hydrogen) atoms. The number of anilines is 1. The maximum atomic E-state index is 11.9. The minimum Gasteiger partial charge on any atom is -0.325 e. The van der Waals surface area contributed by atoms with Gasteiger partial charge in [0.1, 0.15) is 0 Å². The smallest absolute Gasteiger partial charge is 0.238 e. The van der Waals surface area contributed by atoms with Crippen LogP contribution in [-0.2, 0) is 4.79 Å². The van der Waals surface area contributed by atoms with Crippen molar-refractivity contribution in [2.24, 2.45) is 0 Å². The number of amides is 1. The number of carbonyl (C=O) groups excluding carboxylic acids is 1. The molecule has 0 radical (unpaired) electrons. The Labute approximate surface area is 133 Å². The summed E-state index contributed by atoms with van der Waals surface area (Å²) in [6.07, 6.45) is 7.18. The molecule has 1 fully saturated rings. The van der Waals surface area contributed by atoms with E-state index in [1.165, 1.54) is 25.7 Å². The molecule has 2 unspecified atom stereocenters. The fourth-order valence-electron chi connectivity index (χ4n) is 2.57. The van der Waals surface area contributed by atoms with Crippen LogP contribution < -0.4 is 10.6 Å². The predicted molar refractivity (Wildman–Crippen MR) is 90.3 cm³/mol. The highest BCUT2D eigenvalue weighted by Gasteiger charge is 2.24. The molecule has 110 valence electrons. The minimum atomic E-state index is 0.0257. The molecule has 2 N–H and O–H groups in total. The van der Waals surface area contributed by atoms with E-state index in [4.69, 9.17) is 0 Å². The zero-order valence-electron chi connectivity index (χ0n) is 11.7. The lowest BCUT2D eigenvalue weighted by atomic mass is 9.95. The zero-order chi connectivity index (χ0) is 14.4. The van der Waals surface area contributed by atoms with E-state index in [1.54, 1.807) is 0 Å². The summed E-state index contributed by atoms with van der Waals surface area (Å²) in [7, 11) is 0. The Morgan fingerprint density at radius 1 is 1.30 bits per heavy atom. The second kappa shape index (κ2) is 8.05. The molecule has 0 saturated heterocycles. The average Bonchev–Trinajstić information content (AvgIpc) is 2.48. The molecule has 3 nitrogen and oxygen atoms in total. The first-order valence-corrected chi connectivity index (χ1v) is 9.08. The molecule has 2 rings (SSSR count). The highest BCUT2D eigenvalue weighted by Crippen LogP contribution is 2.26. The molecule has 0 aromatic heterocycles. The highest BCUT2D eigenvalue weighted by molar-refractivity contribution is 9.10. The topological polar surface area (TPSA) is 41.1 Å². The Balaban J connectivity index is 1.78. The summed E-state index contributed by atoms with van der Waals surface area (Å²) in [5.41, 5.74) is 0.838. The summed E-state index contributed by atoms with van der Waals surface area (Å²) in [5, 5.41) is 6.97. The maximum absolute atomic E-state index is 11.9. The molecule has 0 spiro atoms. The molecule has 0 aliphatic heterocycles. The fourth-order valence-corrected chi connectivity index (χ4v) is 3.80. The first-order valence-electron chi connectivity index (χ1n) is 7.00. The van der Waals surface area contributed by atoms with Gasteiger partial charge in [0.15, 0.2) is 0 Å². The summed E-state index contributed by atoms with van der Waals surface area (Å²) < 4.78 is 1.01. The van der Waals surface area contributed by atoms with E-state index in [9.17, 15) is 4.79 Å². The molecule has 1 aliphatic carbocycles. The van der Waals surface area contributed by atoms with Crippen LogP contribution in [0, 0.1) is 0 Å². The summed E-state index contributed by atoms with van der Waals surface area (Å²) >= 11 is 5.29. The van der Waals surface area contributed by atoms with E-state index in [0.29, 0.717) is 17.8 Å². The van der Waals surface area contributed by atoms with Crippen LogP contribution in [0.15, 0.2) is 28.7 Å². The average molecular weight is 357 g/mol. The second-order valence-corrected chi connectivity index (χ2v) is 7.09. The monoisotopic (exact) mass is 356 g/mol. The van der Waals surface area contributed by atoms with Crippen LogP contribution >= 0.6 is 27.7 Å². The standard InChI is InChI=1S/C15H21BrN2OS/c1-20-14-5-3-2-4-13(14)17-10-15(19)18-12-8-6-11(16)7-9-12/h6-9,13-14,17H,2-5,10H2,1H3,(H,18,19). The van der Waals surface area contributed by atoms with Gasteiger partial charge in [0.05, 0.1) is 6.54 Å². The van der Waals surface area contributed by atoms with E-state index in [0.717, 1.165) is 10.2 Å². The normalized spacial score (nSPS) is 22.5. The van der Waals surface area contributed by atoms with Crippen LogP contribution in [0.5, 0.6) is 0 Å². The van der Waals surface area contributed by atoms with E-state index in [2.05, 4.69) is 32.8 Å². The molecular weight excluding hydrogens is 336 g/mol. The van der Waals surface area contributed by atoms with Crippen molar-refractivity contribution in [3.05, 3.63) is 28.7 Å². The number of thioether (sulfide) groups is 1. The largest absolute Gasteiger partial charge is 0.325 e. The molecule has 1 aromatic carbocycles. The van der Waals surface area contributed by atoms with Crippen molar-refractivity contribution in [3.63, 3.8) is 0 Å². The lowest BCUT2D eigenvalue weighted by Crippen LogP contribution is -2.43. The van der Waals surface area contributed by atoms with E-state index in [1.807, 2.05) is 36.0 Å². The van der Waals surface area contributed by atoms with Gasteiger partial charge in [0, 0.05) is 21.5 Å². The highest BCUT2D eigenvalue weighted by atomic mass is 79.9. The van der Waals surface area contributed by atoms with Gasteiger partial charge in [-0.1, -0.05) is 28.8 Å². The van der Waals surface area contributed by atoms with E-state index < -0.39 is 0 Å². The van der Waals surface area contributed by atoms with Gasteiger partial charge in [-0.05, 0) is 43.4 Å². The molecule has 0 heterocycles. The van der Waals surface area contributed by atoms with Gasteiger partial charge in [-0.3, -0.25) is 4.79 Å². The summed E-state index contributed by atoms with van der Waals surface area (Å²) in [5.74, 6) is 0.0257. The fraction of sp³-hybridized carbons (Fsp3) is 0.533. The molecule has 2 atom stereocenters. The first-order chi connectivity index (χ1) is 9.69. The van der Waals surface area contributed by atoms with Crippen molar-refractivity contribution in [1.29, 1.82) is 0 Å². The Bertz CT molecular complexity index is 438. The number of hydrogen-bond acceptors (Lipinski definition) is 3. The van der Waals surface area contributed by atoms with Crippen molar-refractivity contribution >= 4 is 39.3 Å². The maximum Gasteiger partial charge on any atom is 0.238 e. The number of hydrogen-bond donors (Lipinski definition) is 2. The molecule has 0 bridgehead atoms. The van der Waals surface area contributed by atoms with Gasteiger partial charge in [-0.25, -0.2) is 0 Å². The van der Waals surface area contributed by atoms with Crippen LogP contribution in [0.1, 0.15) is 25.7 Å². The van der Waals surface area contributed by atoms with E-state index >= 15 is 0 Å². The summed E-state index contributed by atoms with van der Waals surface area (Å²) in [6, 6.07) is 8.11. The third-order valence-corrected chi connectivity index (χ3v) is 5.36. The van der Waals surface area contributed by atoms with Crippen LogP contribution in [0.25, 0.3) is 0 Å². The SMILES string of the molecule is CSC1CCCCC1NCC(=O)Nc1ccc(Br)cc1. The minimum absolute atomic E-state index is 0.0257. The molecule has 1 aliphatic rings. The summed E-state index contributed by atoms with van der Waals surface area (Å²) in [4.78, 5) is 11.9. The van der Waals surface area contributed by atoms with Crippen molar-refractivity contribution in [1.82, 2.24) is 5.32 Å². The number of carbonyl (C=O) groups is 1. The van der Waals surface area contributed by atoms with Crippen LogP contribution in [0.3, 0.4) is 0 Å². The van der Waals surface area contributed by atoms with Gasteiger partial charge < -0.3 is 10.6 Å². The molecule has 1 aromatic rings. The van der Waals surface area contributed by atoms with Gasteiger partial charge in [0.25, 0.3) is 0 Å². The molecular formula is C15H21BrN2OS. The summed E-state index contributed by atoms with van der Waals surface area (Å²) in [6.45, 7) is 0.387. The lowest BCUT2D eigenvalue weighted by molar-refractivity contribution is -0.115. The van der Waals surface area contributed by atoms with Crippen LogP contribution in [0.4, 0.5) is 5.69 Å². The number of benzene rings is 1. The molecule has 1 saturated carbocycles. The Hall–Kier alpha value is -0.520. The van der Waals surface area contributed by atoms with Gasteiger partial charge in [-0.2, -0.15) is 11.8 Å². The van der Waals surface area contributed by atoms with E-state index in [-0.39, 0.29) is 5.91 Å². The van der Waals surface area contributed by atoms with Crippen molar-refractivity contribution < 1.29 is 4.79 Å². The third kappa shape index (κ3) is 4.79. The van der Waals surface area contributed by atoms with Crippen molar-refractivity contribution in [2.45, 2.75) is 37.0 Å². The van der Waals surface area contributed by atoms with Crippen LogP contribution in [-0.4, -0.2) is 30.0 Å². The lowest BCUT2D eigenvalue weighted by Gasteiger charge is -2.30. The molecule has 1 amide bonds. The predicted octanol–water partition coefficient (Wildman–Crippen LogP) is 3.65. The van der Waals surface area contributed by atoms with Crippen LogP contribution in [0.2, 0.25) is 0 Å². The van der Waals surface area contributed by atoms with Gasteiger partial charge >= 0.3 is 0 Å². The molecule has 5 heteroatoms. The quantitative estimate of drug-likeness (QED) is 0.845. The Kier molecular flexibility index (Phi) is 6.39. The van der Waals surface area contributed by atoms with Gasteiger partial charge in [0.2, 0.25) is 5.91 Å². The first kappa shape index (κ1) is 15.9. The Morgan fingerprint density at radius 3 is 2.70 bits per heavy atom. The Morgan fingerprint density at radius 2 is 2.00 bits per heavy atom. The second-order valence-electron chi connectivity index (χ2n) is 5.10. The van der Waals surface area contributed by atoms with Crippen molar-refractivity contribution in [3.8, 4) is 0 Å². The number of halogens is 1. The number of rotatable bonds is 5. The zero-order valence-corrected chi connectivity index (χ0v) is 14.1. The number of nitrogens with one attached hydrogen (secondary N) is 2. The van der Waals surface area contributed by atoms with Crippen molar-refractivity contribution in [2.75, 3.05) is 18.1 Å².